The second-order valence-electron chi connectivity index (χ2n) is 5.89. The summed E-state index contributed by atoms with van der Waals surface area (Å²) in [5.41, 5.74) is 2.45. The molecule has 3 aromatic rings. The van der Waals surface area contributed by atoms with Crippen molar-refractivity contribution in [1.29, 1.82) is 0 Å². The number of aryl methyl sites for hydroxylation is 2. The van der Waals surface area contributed by atoms with E-state index < -0.39 is 11.6 Å². The Morgan fingerprint density at radius 3 is 2.83 bits per heavy atom. The smallest absolute Gasteiger partial charge is 0.141 e. The second-order valence-corrected chi connectivity index (χ2v) is 6.75. The molecule has 118 valence electrons. The number of aromatic nitrogens is 2. The van der Waals surface area contributed by atoms with Crippen LogP contribution in [0.15, 0.2) is 17.5 Å². The van der Waals surface area contributed by atoms with Crippen molar-refractivity contribution in [1.82, 2.24) is 9.97 Å². The number of fused-ring (bicyclic) bond motifs is 2. The molecule has 4 rings (SSSR count). The number of benzene rings is 1. The highest BCUT2D eigenvalue weighted by Crippen LogP contribution is 2.34. The van der Waals surface area contributed by atoms with Gasteiger partial charge < -0.3 is 4.90 Å². The van der Waals surface area contributed by atoms with E-state index in [1.165, 1.54) is 6.07 Å². The Hall–Kier alpha value is -2.08. The highest BCUT2D eigenvalue weighted by molar-refractivity contribution is 7.17. The lowest BCUT2D eigenvalue weighted by Gasteiger charge is -2.30. The summed E-state index contributed by atoms with van der Waals surface area (Å²) < 4.78 is 27.4. The average molecular weight is 331 g/mol. The van der Waals surface area contributed by atoms with E-state index in [4.69, 9.17) is 0 Å². The molecule has 2 aromatic heterocycles. The molecule has 0 spiro atoms. The van der Waals surface area contributed by atoms with Gasteiger partial charge >= 0.3 is 0 Å². The zero-order valence-electron chi connectivity index (χ0n) is 12.9. The lowest BCUT2D eigenvalue weighted by atomic mass is 9.98. The molecule has 1 aromatic carbocycles. The fraction of sp³-hybridized carbons (Fsp3) is 0.294. The quantitative estimate of drug-likeness (QED) is 0.671. The number of hydrogen-bond donors (Lipinski definition) is 0. The summed E-state index contributed by atoms with van der Waals surface area (Å²) in [7, 11) is 0. The van der Waals surface area contributed by atoms with E-state index in [0.717, 1.165) is 27.7 Å². The van der Waals surface area contributed by atoms with E-state index in [-0.39, 0.29) is 0 Å². The van der Waals surface area contributed by atoms with Crippen molar-refractivity contribution in [2.75, 3.05) is 11.4 Å². The zero-order chi connectivity index (χ0) is 16.1. The maximum atomic E-state index is 13.9. The Labute approximate surface area is 136 Å². The zero-order valence-corrected chi connectivity index (χ0v) is 13.7. The van der Waals surface area contributed by atoms with Crippen LogP contribution in [0.25, 0.3) is 10.2 Å². The average Bonchev–Trinajstić information content (AvgIpc) is 2.86. The molecular weight excluding hydrogens is 316 g/mol. The van der Waals surface area contributed by atoms with Crippen molar-refractivity contribution < 1.29 is 8.78 Å². The lowest BCUT2D eigenvalue weighted by molar-refractivity contribution is 0.555. The molecular formula is C17H15F2N3S. The molecule has 0 saturated heterocycles. The third-order valence-electron chi connectivity index (χ3n) is 4.26. The van der Waals surface area contributed by atoms with Crippen LogP contribution in [-0.4, -0.2) is 16.5 Å². The fourth-order valence-electron chi connectivity index (χ4n) is 3.18. The molecule has 3 heterocycles. The Morgan fingerprint density at radius 1 is 1.17 bits per heavy atom. The third kappa shape index (κ3) is 2.37. The summed E-state index contributed by atoms with van der Waals surface area (Å²) in [6.45, 7) is 5.04. The molecule has 0 atom stereocenters. The topological polar surface area (TPSA) is 29.0 Å². The summed E-state index contributed by atoms with van der Waals surface area (Å²) in [6.07, 6.45) is 0.551. The summed E-state index contributed by atoms with van der Waals surface area (Å²) >= 11 is 1.60. The Kier molecular flexibility index (Phi) is 3.30. The Bertz CT molecular complexity index is 920. The fourth-order valence-corrected chi connectivity index (χ4v) is 4.15. The van der Waals surface area contributed by atoms with E-state index in [1.54, 1.807) is 11.3 Å². The van der Waals surface area contributed by atoms with E-state index >= 15 is 0 Å². The van der Waals surface area contributed by atoms with Gasteiger partial charge in [0.15, 0.2) is 0 Å². The highest BCUT2D eigenvalue weighted by Gasteiger charge is 2.24. The number of hydrogen-bond acceptors (Lipinski definition) is 4. The van der Waals surface area contributed by atoms with Gasteiger partial charge in [0.1, 0.15) is 28.1 Å². The number of halogens is 2. The first-order valence-electron chi connectivity index (χ1n) is 7.47. The van der Waals surface area contributed by atoms with Crippen molar-refractivity contribution in [3.63, 3.8) is 0 Å². The number of nitrogens with zero attached hydrogens (tertiary/aromatic N) is 3. The summed E-state index contributed by atoms with van der Waals surface area (Å²) in [5.74, 6) is 0.598. The van der Waals surface area contributed by atoms with Crippen LogP contribution in [0, 0.1) is 25.5 Å². The van der Waals surface area contributed by atoms with Gasteiger partial charge in [0.25, 0.3) is 0 Å². The van der Waals surface area contributed by atoms with Gasteiger partial charge in [0.05, 0.1) is 5.39 Å². The molecule has 0 radical (unpaired) electrons. The predicted octanol–water partition coefficient (Wildman–Crippen LogP) is 4.15. The Morgan fingerprint density at radius 2 is 2.00 bits per heavy atom. The van der Waals surface area contributed by atoms with E-state index in [0.29, 0.717) is 36.5 Å². The number of rotatable bonds is 1. The van der Waals surface area contributed by atoms with Crippen LogP contribution < -0.4 is 4.90 Å². The first-order chi connectivity index (χ1) is 11.0. The molecule has 0 bridgehead atoms. The molecule has 6 heteroatoms. The van der Waals surface area contributed by atoms with Crippen molar-refractivity contribution in [3.8, 4) is 0 Å². The summed E-state index contributed by atoms with van der Waals surface area (Å²) in [5, 5.41) is 3.11. The minimum absolute atomic E-state index is 0.449. The minimum Gasteiger partial charge on any atom is -0.351 e. The summed E-state index contributed by atoms with van der Waals surface area (Å²) in [6, 6.07) is 2.39. The van der Waals surface area contributed by atoms with Crippen LogP contribution in [0.4, 0.5) is 14.6 Å². The van der Waals surface area contributed by atoms with E-state index in [2.05, 4.69) is 20.2 Å². The maximum Gasteiger partial charge on any atom is 0.141 e. The first-order valence-corrected chi connectivity index (χ1v) is 8.35. The first kappa shape index (κ1) is 14.5. The Balaban J connectivity index is 1.82. The maximum absolute atomic E-state index is 13.9. The largest absolute Gasteiger partial charge is 0.351 e. The lowest BCUT2D eigenvalue weighted by Crippen LogP contribution is -2.32. The number of anilines is 1. The monoisotopic (exact) mass is 331 g/mol. The SMILES string of the molecule is Cc1nc(N2CCc3c(F)cc(F)cc3C2)c2c(C)csc2n1. The van der Waals surface area contributed by atoms with Crippen LogP contribution in [0.1, 0.15) is 22.5 Å². The standard InChI is InChI=1S/C17H15F2N3S/c1-9-8-23-17-15(9)16(20-10(2)21-17)22-4-3-13-11(7-22)5-12(18)6-14(13)19/h5-6,8H,3-4,7H2,1-2H3. The van der Waals surface area contributed by atoms with Crippen molar-refractivity contribution in [2.24, 2.45) is 0 Å². The van der Waals surface area contributed by atoms with Crippen molar-refractivity contribution in [3.05, 3.63) is 51.7 Å². The summed E-state index contributed by atoms with van der Waals surface area (Å²) in [4.78, 5) is 12.1. The predicted molar refractivity (Wildman–Crippen MR) is 88.0 cm³/mol. The van der Waals surface area contributed by atoms with Crippen molar-refractivity contribution >= 4 is 27.4 Å². The van der Waals surface area contributed by atoms with Crippen LogP contribution in [0.3, 0.4) is 0 Å². The molecule has 0 amide bonds. The van der Waals surface area contributed by atoms with Crippen LogP contribution in [0.2, 0.25) is 0 Å². The van der Waals surface area contributed by atoms with Crippen LogP contribution >= 0.6 is 11.3 Å². The molecule has 1 aliphatic rings. The van der Waals surface area contributed by atoms with Crippen LogP contribution in [-0.2, 0) is 13.0 Å². The van der Waals surface area contributed by atoms with Gasteiger partial charge in [-0.05, 0) is 48.4 Å². The minimum atomic E-state index is -0.529. The molecule has 0 N–H and O–H groups in total. The van der Waals surface area contributed by atoms with E-state index in [9.17, 15) is 8.78 Å². The highest BCUT2D eigenvalue weighted by atomic mass is 32.1. The van der Waals surface area contributed by atoms with Crippen molar-refractivity contribution in [2.45, 2.75) is 26.8 Å². The van der Waals surface area contributed by atoms with Gasteiger partial charge in [-0.2, -0.15) is 0 Å². The van der Waals surface area contributed by atoms with Gasteiger partial charge in [-0.25, -0.2) is 18.7 Å². The van der Waals surface area contributed by atoms with Crippen LogP contribution in [0.5, 0.6) is 0 Å². The molecule has 0 fully saturated rings. The molecule has 1 aliphatic heterocycles. The molecule has 0 saturated carbocycles. The third-order valence-corrected chi connectivity index (χ3v) is 5.25. The second kappa shape index (κ2) is 5.23. The molecule has 0 aliphatic carbocycles. The normalized spacial score (nSPS) is 14.3. The van der Waals surface area contributed by atoms with Gasteiger partial charge in [0, 0.05) is 19.2 Å². The molecule has 3 nitrogen and oxygen atoms in total. The van der Waals surface area contributed by atoms with Gasteiger partial charge in [-0.3, -0.25) is 0 Å². The molecule has 0 unspecified atom stereocenters. The van der Waals surface area contributed by atoms with Gasteiger partial charge in [-0.1, -0.05) is 0 Å². The van der Waals surface area contributed by atoms with E-state index in [1.807, 2.05) is 13.8 Å². The van der Waals surface area contributed by atoms with Gasteiger partial charge in [-0.15, -0.1) is 11.3 Å². The number of thiophene rings is 1. The molecule has 23 heavy (non-hydrogen) atoms. The van der Waals surface area contributed by atoms with Gasteiger partial charge in [0.2, 0.25) is 0 Å².